The molecule has 2 heterocycles. The van der Waals surface area contributed by atoms with Gasteiger partial charge in [-0.05, 0) is 37.5 Å². The number of amides is 2. The van der Waals surface area contributed by atoms with Crippen LogP contribution in [-0.4, -0.2) is 49.5 Å². The second kappa shape index (κ2) is 5.82. The van der Waals surface area contributed by atoms with Crippen molar-refractivity contribution in [2.45, 2.75) is 45.7 Å². The smallest absolute Gasteiger partial charge is 0.318 e. The van der Waals surface area contributed by atoms with Crippen molar-refractivity contribution in [2.75, 3.05) is 23.0 Å². The van der Waals surface area contributed by atoms with Crippen LogP contribution in [0.2, 0.25) is 0 Å². The van der Waals surface area contributed by atoms with Crippen LogP contribution in [0, 0.1) is 13.8 Å². The van der Waals surface area contributed by atoms with Crippen LogP contribution < -0.4 is 4.90 Å². The molecule has 1 aromatic rings. The number of aryl methyl sites for hydroxylation is 2. The molecule has 2 atom stereocenters. The predicted octanol–water partition coefficient (Wildman–Crippen LogP) is 2.51. The predicted molar refractivity (Wildman–Crippen MR) is 91.6 cm³/mol. The molecule has 0 aliphatic carbocycles. The van der Waals surface area contributed by atoms with Crippen molar-refractivity contribution in [1.29, 1.82) is 0 Å². The molecule has 5 nitrogen and oxygen atoms in total. The molecule has 2 fully saturated rings. The Balaban J connectivity index is 2.02. The Morgan fingerprint density at radius 2 is 1.87 bits per heavy atom. The van der Waals surface area contributed by atoms with E-state index in [0.717, 1.165) is 29.7 Å². The molecular weight excluding hydrogens is 312 g/mol. The number of anilines is 1. The van der Waals surface area contributed by atoms with E-state index in [0.29, 0.717) is 6.54 Å². The first-order valence-corrected chi connectivity index (χ1v) is 10.0. The Labute approximate surface area is 138 Å². The molecule has 2 aliphatic rings. The highest BCUT2D eigenvalue weighted by atomic mass is 32.2. The summed E-state index contributed by atoms with van der Waals surface area (Å²) in [7, 11) is -3.09. The Kier molecular flexibility index (Phi) is 4.12. The molecular formula is C17H24N2O3S. The third-order valence-electron chi connectivity index (χ3n) is 4.85. The van der Waals surface area contributed by atoms with E-state index in [4.69, 9.17) is 0 Å². The van der Waals surface area contributed by atoms with Gasteiger partial charge in [-0.1, -0.05) is 25.5 Å². The monoisotopic (exact) mass is 336 g/mol. The van der Waals surface area contributed by atoms with E-state index in [1.807, 2.05) is 32.0 Å². The molecule has 2 saturated heterocycles. The van der Waals surface area contributed by atoms with Crippen LogP contribution in [0.25, 0.3) is 0 Å². The molecule has 0 saturated carbocycles. The van der Waals surface area contributed by atoms with E-state index in [1.54, 1.807) is 9.80 Å². The second-order valence-electron chi connectivity index (χ2n) is 6.70. The minimum Gasteiger partial charge on any atom is -0.318 e. The number of carbonyl (C=O) groups is 1. The molecule has 0 radical (unpaired) electrons. The van der Waals surface area contributed by atoms with Crippen LogP contribution in [0.3, 0.4) is 0 Å². The van der Waals surface area contributed by atoms with Gasteiger partial charge in [-0.3, -0.25) is 4.90 Å². The number of carbonyl (C=O) groups excluding carboxylic acids is 1. The molecule has 2 aliphatic heterocycles. The van der Waals surface area contributed by atoms with Gasteiger partial charge in [0.1, 0.15) is 0 Å². The molecule has 1 aromatic carbocycles. The van der Waals surface area contributed by atoms with Crippen LogP contribution in [-0.2, 0) is 9.84 Å². The summed E-state index contributed by atoms with van der Waals surface area (Å²) in [5.41, 5.74) is 2.92. The van der Waals surface area contributed by atoms with Gasteiger partial charge in [-0.25, -0.2) is 13.2 Å². The Morgan fingerprint density at radius 3 is 2.57 bits per heavy atom. The first-order valence-electron chi connectivity index (χ1n) is 8.21. The average Bonchev–Trinajstić information content (AvgIpc) is 2.90. The number of fused-ring (bicyclic) bond motifs is 1. The summed E-state index contributed by atoms with van der Waals surface area (Å²) in [5.74, 6) is 0.161. The van der Waals surface area contributed by atoms with Crippen molar-refractivity contribution in [2.24, 2.45) is 0 Å². The van der Waals surface area contributed by atoms with Crippen LogP contribution in [0.5, 0.6) is 0 Å². The molecule has 2 amide bonds. The van der Waals surface area contributed by atoms with Crippen molar-refractivity contribution in [3.8, 4) is 0 Å². The molecule has 23 heavy (non-hydrogen) atoms. The van der Waals surface area contributed by atoms with Crippen molar-refractivity contribution >= 4 is 21.6 Å². The molecule has 0 bridgehead atoms. The van der Waals surface area contributed by atoms with Crippen LogP contribution in [0.4, 0.5) is 10.5 Å². The fourth-order valence-corrected chi connectivity index (χ4v) is 5.58. The van der Waals surface area contributed by atoms with Crippen LogP contribution >= 0.6 is 0 Å². The third kappa shape index (κ3) is 2.84. The van der Waals surface area contributed by atoms with Gasteiger partial charge in [0.15, 0.2) is 9.84 Å². The quantitative estimate of drug-likeness (QED) is 0.794. The van der Waals surface area contributed by atoms with Crippen molar-refractivity contribution < 1.29 is 13.2 Å². The van der Waals surface area contributed by atoms with E-state index >= 15 is 0 Å². The standard InChI is InChI=1S/C17H24N2O3S/c1-4-5-8-18-15-10-23(21,22)11-16(15)19(17(18)20)14-9-12(2)6-7-13(14)3/h6-7,9,15-16H,4-5,8,10-11H2,1-3H3/t15-,16-/m1/s1. The van der Waals surface area contributed by atoms with Gasteiger partial charge >= 0.3 is 6.03 Å². The van der Waals surface area contributed by atoms with Crippen molar-refractivity contribution in [3.63, 3.8) is 0 Å². The fourth-order valence-electron chi connectivity index (χ4n) is 3.63. The molecule has 3 rings (SSSR count). The Morgan fingerprint density at radius 1 is 1.17 bits per heavy atom. The van der Waals surface area contributed by atoms with Gasteiger partial charge in [0, 0.05) is 12.2 Å². The van der Waals surface area contributed by atoms with Crippen LogP contribution in [0.1, 0.15) is 30.9 Å². The number of urea groups is 1. The molecule has 0 unspecified atom stereocenters. The zero-order valence-electron chi connectivity index (χ0n) is 13.9. The number of nitrogens with zero attached hydrogens (tertiary/aromatic N) is 2. The topological polar surface area (TPSA) is 57.7 Å². The SMILES string of the molecule is CCCCN1C(=O)N(c2cc(C)ccc2C)[C@@H]2CS(=O)(=O)C[C@H]21. The maximum absolute atomic E-state index is 13.0. The normalized spacial score (nSPS) is 26.0. The number of hydrogen-bond donors (Lipinski definition) is 0. The zero-order valence-corrected chi connectivity index (χ0v) is 14.8. The maximum atomic E-state index is 13.0. The highest BCUT2D eigenvalue weighted by Crippen LogP contribution is 2.36. The molecule has 6 heteroatoms. The molecule has 0 N–H and O–H groups in total. The number of hydrogen-bond acceptors (Lipinski definition) is 3. The second-order valence-corrected chi connectivity index (χ2v) is 8.85. The number of sulfone groups is 1. The van der Waals surface area contributed by atoms with Gasteiger partial charge in [0.2, 0.25) is 0 Å². The third-order valence-corrected chi connectivity index (χ3v) is 6.55. The number of benzene rings is 1. The maximum Gasteiger partial charge on any atom is 0.325 e. The Hall–Kier alpha value is -1.56. The van der Waals surface area contributed by atoms with Gasteiger partial charge in [0.25, 0.3) is 0 Å². The lowest BCUT2D eigenvalue weighted by Gasteiger charge is -2.24. The summed E-state index contributed by atoms with van der Waals surface area (Å²) in [6.45, 7) is 6.66. The minimum absolute atomic E-state index is 0.0444. The highest BCUT2D eigenvalue weighted by Gasteiger charge is 2.53. The average molecular weight is 336 g/mol. The first-order chi connectivity index (χ1) is 10.8. The minimum atomic E-state index is -3.09. The summed E-state index contributed by atoms with van der Waals surface area (Å²) in [4.78, 5) is 16.5. The number of unbranched alkanes of at least 4 members (excludes halogenated alkanes) is 1. The van der Waals surface area contributed by atoms with Crippen LogP contribution in [0.15, 0.2) is 18.2 Å². The van der Waals surface area contributed by atoms with E-state index in [1.165, 1.54) is 0 Å². The summed E-state index contributed by atoms with van der Waals surface area (Å²) >= 11 is 0. The van der Waals surface area contributed by atoms with Crippen molar-refractivity contribution in [1.82, 2.24) is 4.90 Å². The van der Waals surface area contributed by atoms with E-state index in [-0.39, 0.29) is 29.6 Å². The van der Waals surface area contributed by atoms with Gasteiger partial charge in [-0.2, -0.15) is 0 Å². The summed E-state index contributed by atoms with van der Waals surface area (Å²) < 4.78 is 24.3. The lowest BCUT2D eigenvalue weighted by atomic mass is 10.1. The summed E-state index contributed by atoms with van der Waals surface area (Å²) in [5, 5.41) is 0. The Bertz CT molecular complexity index is 729. The number of rotatable bonds is 4. The van der Waals surface area contributed by atoms with Gasteiger partial charge in [-0.15, -0.1) is 0 Å². The summed E-state index contributed by atoms with van der Waals surface area (Å²) in [6, 6.07) is 5.47. The van der Waals surface area contributed by atoms with Crippen molar-refractivity contribution in [3.05, 3.63) is 29.3 Å². The zero-order chi connectivity index (χ0) is 16.8. The molecule has 0 aromatic heterocycles. The summed E-state index contributed by atoms with van der Waals surface area (Å²) in [6.07, 6.45) is 1.88. The highest BCUT2D eigenvalue weighted by molar-refractivity contribution is 7.91. The lowest BCUT2D eigenvalue weighted by Crippen LogP contribution is -2.38. The fraction of sp³-hybridized carbons (Fsp3) is 0.588. The molecule has 126 valence electrons. The largest absolute Gasteiger partial charge is 0.325 e. The molecule has 0 spiro atoms. The van der Waals surface area contributed by atoms with Gasteiger partial charge in [0.05, 0.1) is 23.6 Å². The lowest BCUT2D eigenvalue weighted by molar-refractivity contribution is 0.208. The first kappa shape index (κ1) is 16.3. The van der Waals surface area contributed by atoms with E-state index < -0.39 is 9.84 Å². The van der Waals surface area contributed by atoms with E-state index in [2.05, 4.69) is 6.92 Å². The van der Waals surface area contributed by atoms with Gasteiger partial charge < -0.3 is 4.90 Å². The van der Waals surface area contributed by atoms with E-state index in [9.17, 15) is 13.2 Å².